The van der Waals surface area contributed by atoms with Crippen LogP contribution in [0.4, 0.5) is 0 Å². The molecule has 0 saturated heterocycles. The molecule has 4 nitrogen and oxygen atoms in total. The van der Waals surface area contributed by atoms with E-state index in [0.717, 1.165) is 10.0 Å². The minimum absolute atomic E-state index is 0.644. The zero-order valence-electron chi connectivity index (χ0n) is 7.95. The third-order valence-electron chi connectivity index (χ3n) is 1.72. The number of hydrogen-bond donors (Lipinski definition) is 1. The van der Waals surface area contributed by atoms with Crippen LogP contribution >= 0.6 is 15.9 Å². The van der Waals surface area contributed by atoms with E-state index < -0.39 is 0 Å². The van der Waals surface area contributed by atoms with Crippen LogP contribution in [0.1, 0.15) is 5.56 Å². The Kier molecular flexibility index (Phi) is 3.76. The van der Waals surface area contributed by atoms with Crippen LogP contribution in [0.2, 0.25) is 0 Å². The van der Waals surface area contributed by atoms with Crippen molar-refractivity contribution in [3.63, 3.8) is 0 Å². The average molecular weight is 259 g/mol. The van der Waals surface area contributed by atoms with Gasteiger partial charge in [0.05, 0.1) is 20.4 Å². The van der Waals surface area contributed by atoms with Gasteiger partial charge < -0.3 is 15.3 Å². The van der Waals surface area contributed by atoms with Crippen molar-refractivity contribution in [3.8, 4) is 11.5 Å². The van der Waals surface area contributed by atoms with Crippen molar-refractivity contribution in [1.82, 2.24) is 0 Å². The van der Waals surface area contributed by atoms with Gasteiger partial charge in [-0.2, -0.15) is 5.10 Å². The van der Waals surface area contributed by atoms with Crippen LogP contribution in [0.25, 0.3) is 0 Å². The second-order valence-corrected chi connectivity index (χ2v) is 3.36. The van der Waals surface area contributed by atoms with E-state index in [4.69, 9.17) is 15.3 Å². The van der Waals surface area contributed by atoms with Gasteiger partial charge in [-0.1, -0.05) is 0 Å². The fourth-order valence-electron chi connectivity index (χ4n) is 1.05. The van der Waals surface area contributed by atoms with Crippen LogP contribution < -0.4 is 15.3 Å². The Morgan fingerprint density at radius 1 is 1.29 bits per heavy atom. The number of halogens is 1. The molecule has 76 valence electrons. The Bertz CT molecular complexity index is 353. The summed E-state index contributed by atoms with van der Waals surface area (Å²) in [5.74, 6) is 6.37. The van der Waals surface area contributed by atoms with Crippen molar-refractivity contribution >= 4 is 22.1 Å². The SMILES string of the molecule is COc1cc(Br)c(C=NN)cc1OC. The molecule has 0 atom stereocenters. The molecule has 0 aliphatic heterocycles. The highest BCUT2D eigenvalue weighted by atomic mass is 79.9. The summed E-state index contributed by atoms with van der Waals surface area (Å²) < 4.78 is 11.1. The Morgan fingerprint density at radius 3 is 2.36 bits per heavy atom. The number of nitrogens with two attached hydrogens (primary N) is 1. The maximum absolute atomic E-state index is 5.13. The highest BCUT2D eigenvalue weighted by molar-refractivity contribution is 9.10. The summed E-state index contributed by atoms with van der Waals surface area (Å²) in [6.07, 6.45) is 1.53. The van der Waals surface area contributed by atoms with Crippen LogP contribution in [0.15, 0.2) is 21.7 Å². The van der Waals surface area contributed by atoms with Gasteiger partial charge in [-0.05, 0) is 28.1 Å². The van der Waals surface area contributed by atoms with Crippen LogP contribution in [-0.2, 0) is 0 Å². The fourth-order valence-corrected chi connectivity index (χ4v) is 1.47. The third-order valence-corrected chi connectivity index (χ3v) is 2.40. The van der Waals surface area contributed by atoms with Gasteiger partial charge in [0, 0.05) is 10.0 Å². The second kappa shape index (κ2) is 4.85. The highest BCUT2D eigenvalue weighted by Crippen LogP contribution is 2.32. The van der Waals surface area contributed by atoms with Crippen molar-refractivity contribution in [1.29, 1.82) is 0 Å². The van der Waals surface area contributed by atoms with Gasteiger partial charge in [0.2, 0.25) is 0 Å². The van der Waals surface area contributed by atoms with Gasteiger partial charge in [-0.25, -0.2) is 0 Å². The van der Waals surface area contributed by atoms with E-state index in [9.17, 15) is 0 Å². The summed E-state index contributed by atoms with van der Waals surface area (Å²) >= 11 is 3.37. The van der Waals surface area contributed by atoms with Crippen molar-refractivity contribution < 1.29 is 9.47 Å². The van der Waals surface area contributed by atoms with E-state index in [1.165, 1.54) is 6.21 Å². The number of hydrogen-bond acceptors (Lipinski definition) is 4. The molecular formula is C9H11BrN2O2. The minimum atomic E-state index is 0.644. The van der Waals surface area contributed by atoms with Crippen LogP contribution in [0, 0.1) is 0 Å². The number of rotatable bonds is 3. The maximum Gasteiger partial charge on any atom is 0.161 e. The van der Waals surface area contributed by atoms with Gasteiger partial charge in [0.1, 0.15) is 0 Å². The number of methoxy groups -OCH3 is 2. The Morgan fingerprint density at radius 2 is 1.86 bits per heavy atom. The van der Waals surface area contributed by atoms with Gasteiger partial charge in [-0.15, -0.1) is 0 Å². The zero-order chi connectivity index (χ0) is 10.6. The quantitative estimate of drug-likeness (QED) is 0.511. The predicted molar refractivity (Wildman–Crippen MR) is 59.0 cm³/mol. The molecule has 1 aromatic rings. The number of nitrogens with zero attached hydrogens (tertiary/aromatic N) is 1. The molecule has 0 aliphatic carbocycles. The molecule has 5 heteroatoms. The maximum atomic E-state index is 5.13. The first-order valence-electron chi connectivity index (χ1n) is 3.87. The number of benzene rings is 1. The van der Waals surface area contributed by atoms with Gasteiger partial charge in [-0.3, -0.25) is 0 Å². The van der Waals surface area contributed by atoms with E-state index in [1.807, 2.05) is 0 Å². The van der Waals surface area contributed by atoms with Gasteiger partial charge >= 0.3 is 0 Å². The number of ether oxygens (including phenoxy) is 2. The standard InChI is InChI=1S/C9H11BrN2O2/c1-13-8-3-6(5-12-11)7(10)4-9(8)14-2/h3-5H,11H2,1-2H3. The molecule has 0 heterocycles. The number of hydrazone groups is 1. The molecule has 0 fully saturated rings. The summed E-state index contributed by atoms with van der Waals surface area (Å²) in [6.45, 7) is 0. The van der Waals surface area contributed by atoms with Crippen LogP contribution in [0.5, 0.6) is 11.5 Å². The van der Waals surface area contributed by atoms with E-state index in [1.54, 1.807) is 26.4 Å². The first-order valence-corrected chi connectivity index (χ1v) is 4.67. The molecule has 1 rings (SSSR count). The lowest BCUT2D eigenvalue weighted by Crippen LogP contribution is -1.94. The lowest BCUT2D eigenvalue weighted by atomic mass is 10.2. The van der Waals surface area contributed by atoms with E-state index >= 15 is 0 Å². The Labute approximate surface area is 90.8 Å². The lowest BCUT2D eigenvalue weighted by molar-refractivity contribution is 0.354. The average Bonchev–Trinajstić information content (AvgIpc) is 2.20. The predicted octanol–water partition coefficient (Wildman–Crippen LogP) is 1.76. The molecule has 0 aliphatic rings. The molecular weight excluding hydrogens is 248 g/mol. The summed E-state index contributed by atoms with van der Waals surface area (Å²) in [6, 6.07) is 3.59. The van der Waals surface area contributed by atoms with Gasteiger partial charge in [0.15, 0.2) is 11.5 Å². The molecule has 0 amide bonds. The molecule has 14 heavy (non-hydrogen) atoms. The normalized spacial score (nSPS) is 10.5. The molecule has 0 unspecified atom stereocenters. The second-order valence-electron chi connectivity index (χ2n) is 2.51. The van der Waals surface area contributed by atoms with E-state index in [0.29, 0.717) is 11.5 Å². The first-order chi connectivity index (χ1) is 6.72. The molecule has 2 N–H and O–H groups in total. The van der Waals surface area contributed by atoms with Gasteiger partial charge in [0.25, 0.3) is 0 Å². The largest absolute Gasteiger partial charge is 0.493 e. The molecule has 1 aromatic carbocycles. The molecule has 0 spiro atoms. The molecule has 0 bridgehead atoms. The van der Waals surface area contributed by atoms with Crippen molar-refractivity contribution in [2.24, 2.45) is 10.9 Å². The third kappa shape index (κ3) is 2.17. The topological polar surface area (TPSA) is 56.8 Å². The molecule has 0 radical (unpaired) electrons. The van der Waals surface area contributed by atoms with E-state index in [-0.39, 0.29) is 0 Å². The zero-order valence-corrected chi connectivity index (χ0v) is 9.54. The smallest absolute Gasteiger partial charge is 0.161 e. The Balaban J connectivity index is 3.23. The monoisotopic (exact) mass is 258 g/mol. The van der Waals surface area contributed by atoms with Crippen molar-refractivity contribution in [2.75, 3.05) is 14.2 Å². The van der Waals surface area contributed by atoms with Crippen LogP contribution in [0.3, 0.4) is 0 Å². The molecule has 0 aromatic heterocycles. The first kappa shape index (κ1) is 10.8. The minimum Gasteiger partial charge on any atom is -0.493 e. The van der Waals surface area contributed by atoms with Crippen LogP contribution in [-0.4, -0.2) is 20.4 Å². The van der Waals surface area contributed by atoms with Crippen molar-refractivity contribution in [3.05, 3.63) is 22.2 Å². The summed E-state index contributed by atoms with van der Waals surface area (Å²) in [4.78, 5) is 0. The molecule has 0 saturated carbocycles. The van der Waals surface area contributed by atoms with E-state index in [2.05, 4.69) is 21.0 Å². The Hall–Kier alpha value is -1.23. The highest BCUT2D eigenvalue weighted by Gasteiger charge is 2.07. The summed E-state index contributed by atoms with van der Waals surface area (Å²) in [5, 5.41) is 3.45. The summed E-state index contributed by atoms with van der Waals surface area (Å²) in [7, 11) is 3.16. The summed E-state index contributed by atoms with van der Waals surface area (Å²) in [5.41, 5.74) is 0.838. The lowest BCUT2D eigenvalue weighted by Gasteiger charge is -2.09. The fraction of sp³-hybridized carbons (Fsp3) is 0.222. The van der Waals surface area contributed by atoms with Crippen molar-refractivity contribution in [2.45, 2.75) is 0 Å².